The molecule has 3 heterocycles. The number of rotatable bonds is 4. The summed E-state index contributed by atoms with van der Waals surface area (Å²) in [5.41, 5.74) is 6.33. The normalized spacial score (nSPS) is 22.9. The van der Waals surface area contributed by atoms with E-state index in [-0.39, 0.29) is 18.1 Å². The third-order valence-electron chi connectivity index (χ3n) is 5.46. The summed E-state index contributed by atoms with van der Waals surface area (Å²) in [6.45, 7) is 2.86. The Morgan fingerprint density at radius 3 is 2.57 bits per heavy atom. The Balaban J connectivity index is 0.000000367. The average molecular weight is 422 g/mol. The van der Waals surface area contributed by atoms with E-state index in [9.17, 15) is 13.2 Å². The number of likely N-dealkylation sites (N-methyl/N-ethyl adjacent to an activating group) is 1. The van der Waals surface area contributed by atoms with Crippen LogP contribution in [0.15, 0.2) is 48.8 Å². The number of halogens is 3. The van der Waals surface area contributed by atoms with Crippen LogP contribution < -0.4 is 11.1 Å². The largest absolute Gasteiger partial charge is 0.416 e. The van der Waals surface area contributed by atoms with E-state index in [1.807, 2.05) is 25.2 Å². The van der Waals surface area contributed by atoms with Crippen LogP contribution in [0.3, 0.4) is 0 Å². The maximum Gasteiger partial charge on any atom is 0.416 e. The molecule has 0 radical (unpaired) electrons. The minimum absolute atomic E-state index is 0.0308. The maximum atomic E-state index is 13.0. The SMILES string of the molecule is CN(CCN)CC1CCC2CNc3ccc(C(F)(F)F)cc3C2O1.c1ccncc1. The van der Waals surface area contributed by atoms with Gasteiger partial charge in [-0.25, -0.2) is 0 Å². The zero-order chi connectivity index (χ0) is 21.6. The van der Waals surface area contributed by atoms with Gasteiger partial charge in [-0.15, -0.1) is 0 Å². The predicted octanol–water partition coefficient (Wildman–Crippen LogP) is 3.94. The van der Waals surface area contributed by atoms with Gasteiger partial charge in [-0.05, 0) is 50.2 Å². The Labute approximate surface area is 175 Å². The molecule has 2 aromatic rings. The number of nitrogens with zero attached hydrogens (tertiary/aromatic N) is 2. The molecule has 0 saturated carbocycles. The summed E-state index contributed by atoms with van der Waals surface area (Å²) in [6.07, 6.45) is 0.801. The molecule has 2 aliphatic rings. The molecule has 1 aromatic carbocycles. The fraction of sp³-hybridized carbons (Fsp3) is 0.500. The number of hydrogen-bond donors (Lipinski definition) is 2. The Morgan fingerprint density at radius 1 is 1.20 bits per heavy atom. The topological polar surface area (TPSA) is 63.4 Å². The number of benzene rings is 1. The average Bonchev–Trinajstić information content (AvgIpc) is 2.74. The highest BCUT2D eigenvalue weighted by Gasteiger charge is 2.39. The predicted molar refractivity (Wildman–Crippen MR) is 111 cm³/mol. The number of fused-ring (bicyclic) bond motifs is 3. The molecule has 0 amide bonds. The summed E-state index contributed by atoms with van der Waals surface area (Å²) in [5, 5.41) is 3.24. The Hall–Kier alpha value is -2.16. The van der Waals surface area contributed by atoms with Crippen molar-refractivity contribution >= 4 is 5.69 Å². The van der Waals surface area contributed by atoms with Gasteiger partial charge in [-0.2, -0.15) is 13.2 Å². The van der Waals surface area contributed by atoms with Crippen LogP contribution in [0.25, 0.3) is 0 Å². The van der Waals surface area contributed by atoms with Gasteiger partial charge in [0.25, 0.3) is 0 Å². The fourth-order valence-electron chi connectivity index (χ4n) is 3.96. The summed E-state index contributed by atoms with van der Waals surface area (Å²) in [4.78, 5) is 5.89. The van der Waals surface area contributed by atoms with Crippen LogP contribution in [0.2, 0.25) is 0 Å². The van der Waals surface area contributed by atoms with Crippen molar-refractivity contribution < 1.29 is 17.9 Å². The number of hydrogen-bond acceptors (Lipinski definition) is 5. The number of nitrogens with one attached hydrogen (secondary N) is 1. The monoisotopic (exact) mass is 422 g/mol. The van der Waals surface area contributed by atoms with Gasteiger partial charge in [-0.1, -0.05) is 6.07 Å². The van der Waals surface area contributed by atoms with E-state index in [1.165, 1.54) is 12.1 Å². The Morgan fingerprint density at radius 2 is 1.97 bits per heavy atom. The molecule has 3 N–H and O–H groups in total. The van der Waals surface area contributed by atoms with Crippen LogP contribution in [0.1, 0.15) is 30.1 Å². The molecule has 0 bridgehead atoms. The van der Waals surface area contributed by atoms with E-state index in [0.29, 0.717) is 12.1 Å². The van der Waals surface area contributed by atoms with Crippen molar-refractivity contribution in [1.29, 1.82) is 0 Å². The minimum Gasteiger partial charge on any atom is -0.384 e. The molecule has 3 unspecified atom stereocenters. The van der Waals surface area contributed by atoms with Gasteiger partial charge in [0, 0.05) is 55.7 Å². The van der Waals surface area contributed by atoms with Crippen molar-refractivity contribution in [2.75, 3.05) is 38.5 Å². The van der Waals surface area contributed by atoms with Crippen molar-refractivity contribution in [2.45, 2.75) is 31.2 Å². The second kappa shape index (κ2) is 10.2. The molecule has 30 heavy (non-hydrogen) atoms. The lowest BCUT2D eigenvalue weighted by molar-refractivity contribution is -0.138. The standard InChI is InChI=1S/C17H24F3N3O.C5H5N/c1-23(7-6-21)10-13-4-2-11-9-22-15-5-3-12(17(18,19)20)8-14(15)16(11)24-13;1-2-4-6-5-3-1/h3,5,8,11,13,16,22H,2,4,6-7,9-10,21H2,1H3;1-5H. The van der Waals surface area contributed by atoms with Crippen molar-refractivity contribution in [3.63, 3.8) is 0 Å². The molecule has 1 aromatic heterocycles. The second-order valence-electron chi connectivity index (χ2n) is 7.77. The molecule has 1 fully saturated rings. The number of aromatic nitrogens is 1. The highest BCUT2D eigenvalue weighted by atomic mass is 19.4. The summed E-state index contributed by atoms with van der Waals surface area (Å²) in [7, 11) is 1.99. The van der Waals surface area contributed by atoms with Crippen LogP contribution >= 0.6 is 0 Å². The number of pyridine rings is 1. The molecular weight excluding hydrogens is 393 g/mol. The van der Waals surface area contributed by atoms with Crippen molar-refractivity contribution in [1.82, 2.24) is 9.88 Å². The Kier molecular flexibility index (Phi) is 7.69. The van der Waals surface area contributed by atoms with Crippen LogP contribution in [0, 0.1) is 5.92 Å². The van der Waals surface area contributed by atoms with E-state index in [2.05, 4.69) is 15.2 Å². The summed E-state index contributed by atoms with van der Waals surface area (Å²) < 4.78 is 45.3. The third kappa shape index (κ3) is 5.93. The molecule has 0 spiro atoms. The van der Waals surface area contributed by atoms with Crippen LogP contribution in [0.5, 0.6) is 0 Å². The zero-order valence-electron chi connectivity index (χ0n) is 17.1. The number of nitrogens with two attached hydrogens (primary N) is 1. The van der Waals surface area contributed by atoms with E-state index in [1.54, 1.807) is 12.4 Å². The first-order valence-corrected chi connectivity index (χ1v) is 10.2. The molecule has 5 nitrogen and oxygen atoms in total. The highest BCUT2D eigenvalue weighted by molar-refractivity contribution is 5.56. The highest BCUT2D eigenvalue weighted by Crippen LogP contribution is 2.44. The minimum atomic E-state index is -4.34. The lowest BCUT2D eigenvalue weighted by Gasteiger charge is -2.42. The van der Waals surface area contributed by atoms with Crippen molar-refractivity contribution in [3.05, 3.63) is 59.9 Å². The first-order chi connectivity index (χ1) is 14.4. The molecule has 164 valence electrons. The van der Waals surface area contributed by atoms with Gasteiger partial charge < -0.3 is 20.7 Å². The smallest absolute Gasteiger partial charge is 0.384 e. The van der Waals surface area contributed by atoms with Gasteiger partial charge in [-0.3, -0.25) is 4.98 Å². The van der Waals surface area contributed by atoms with E-state index < -0.39 is 11.7 Å². The molecular formula is C22H29F3N4O. The lowest BCUT2D eigenvalue weighted by Crippen LogP contribution is -2.42. The molecule has 1 saturated heterocycles. The number of alkyl halides is 3. The van der Waals surface area contributed by atoms with Crippen LogP contribution in [-0.4, -0.2) is 49.2 Å². The first-order valence-electron chi connectivity index (χ1n) is 10.2. The zero-order valence-corrected chi connectivity index (χ0v) is 17.1. The van der Waals surface area contributed by atoms with Gasteiger partial charge in [0.2, 0.25) is 0 Å². The van der Waals surface area contributed by atoms with Gasteiger partial charge in [0.15, 0.2) is 0 Å². The van der Waals surface area contributed by atoms with Crippen molar-refractivity contribution in [3.8, 4) is 0 Å². The fourth-order valence-corrected chi connectivity index (χ4v) is 3.96. The molecule has 8 heteroatoms. The first kappa shape index (κ1) is 22.5. The van der Waals surface area contributed by atoms with E-state index in [0.717, 1.165) is 44.2 Å². The summed E-state index contributed by atoms with van der Waals surface area (Å²) in [5.74, 6) is 0.219. The van der Waals surface area contributed by atoms with Crippen molar-refractivity contribution in [2.24, 2.45) is 11.7 Å². The Bertz CT molecular complexity index is 761. The summed E-state index contributed by atoms with van der Waals surface area (Å²) in [6, 6.07) is 9.60. The maximum absolute atomic E-state index is 13.0. The van der Waals surface area contributed by atoms with E-state index >= 15 is 0 Å². The number of ether oxygens (including phenoxy) is 1. The van der Waals surface area contributed by atoms with Gasteiger partial charge >= 0.3 is 6.18 Å². The van der Waals surface area contributed by atoms with Gasteiger partial charge in [0.1, 0.15) is 0 Å². The summed E-state index contributed by atoms with van der Waals surface area (Å²) >= 11 is 0. The molecule has 4 rings (SSSR count). The van der Waals surface area contributed by atoms with Gasteiger partial charge in [0.05, 0.1) is 17.8 Å². The third-order valence-corrected chi connectivity index (χ3v) is 5.46. The molecule has 0 aliphatic carbocycles. The second-order valence-corrected chi connectivity index (χ2v) is 7.77. The van der Waals surface area contributed by atoms with Crippen LogP contribution in [-0.2, 0) is 10.9 Å². The van der Waals surface area contributed by atoms with E-state index in [4.69, 9.17) is 10.5 Å². The molecule has 3 atom stereocenters. The number of anilines is 1. The van der Waals surface area contributed by atoms with Crippen LogP contribution in [0.4, 0.5) is 18.9 Å². The quantitative estimate of drug-likeness (QED) is 0.782. The lowest BCUT2D eigenvalue weighted by atomic mass is 9.83. The molecule has 2 aliphatic heterocycles.